The number of thioether (sulfide) groups is 1. The molecule has 12 heteroatoms. The van der Waals surface area contributed by atoms with E-state index in [1.807, 2.05) is 0 Å². The Balaban J connectivity index is 2.30. The molecule has 0 aliphatic carbocycles. The Morgan fingerprint density at radius 2 is 1.81 bits per heavy atom. The van der Waals surface area contributed by atoms with Gasteiger partial charge in [-0.25, -0.2) is 31.6 Å². The van der Waals surface area contributed by atoms with Crippen LogP contribution in [0.15, 0.2) is 23.4 Å². The standard InChI is InChI=1S/C15H17F3N4O3S2/c1-8(6-23)19-12-5-13(22-27(2,24)25)21-15(20-12)26-7-9-10(16)3-4-11(17)14(9)18/h3-5,8,23H,6-7H2,1-2H3,(H2,19,20,21,22)/t8-/m1/s1. The first-order chi connectivity index (χ1) is 12.6. The van der Waals surface area contributed by atoms with E-state index in [4.69, 9.17) is 5.11 Å². The molecule has 3 N–H and O–H groups in total. The molecule has 0 fully saturated rings. The van der Waals surface area contributed by atoms with Crippen molar-refractivity contribution < 1.29 is 26.7 Å². The summed E-state index contributed by atoms with van der Waals surface area (Å²) in [6.07, 6.45) is 0.933. The van der Waals surface area contributed by atoms with Crippen molar-refractivity contribution in [3.8, 4) is 0 Å². The fraction of sp³-hybridized carbons (Fsp3) is 0.333. The third-order valence-electron chi connectivity index (χ3n) is 3.15. The van der Waals surface area contributed by atoms with E-state index >= 15 is 0 Å². The molecule has 1 heterocycles. The molecule has 2 aromatic rings. The molecule has 1 atom stereocenters. The van der Waals surface area contributed by atoms with Gasteiger partial charge in [0.25, 0.3) is 0 Å². The molecule has 2 rings (SSSR count). The number of aliphatic hydroxyl groups excluding tert-OH is 1. The normalized spacial score (nSPS) is 12.7. The second-order valence-electron chi connectivity index (χ2n) is 5.63. The highest BCUT2D eigenvalue weighted by atomic mass is 32.2. The zero-order valence-electron chi connectivity index (χ0n) is 14.3. The number of hydrogen-bond acceptors (Lipinski definition) is 7. The third-order valence-corrected chi connectivity index (χ3v) is 4.60. The highest BCUT2D eigenvalue weighted by molar-refractivity contribution is 7.98. The van der Waals surface area contributed by atoms with Crippen LogP contribution >= 0.6 is 11.8 Å². The van der Waals surface area contributed by atoms with Gasteiger partial charge in [-0.05, 0) is 19.1 Å². The van der Waals surface area contributed by atoms with Gasteiger partial charge in [-0.1, -0.05) is 11.8 Å². The second kappa shape index (κ2) is 8.76. The van der Waals surface area contributed by atoms with Crippen LogP contribution in [0.2, 0.25) is 0 Å². The van der Waals surface area contributed by atoms with Crippen LogP contribution in [-0.2, 0) is 15.8 Å². The van der Waals surface area contributed by atoms with Crippen LogP contribution in [0.5, 0.6) is 0 Å². The molecule has 0 bridgehead atoms. The van der Waals surface area contributed by atoms with Crippen molar-refractivity contribution in [3.05, 3.63) is 41.2 Å². The van der Waals surface area contributed by atoms with Gasteiger partial charge < -0.3 is 10.4 Å². The minimum atomic E-state index is -3.63. The van der Waals surface area contributed by atoms with Crippen LogP contribution in [0.3, 0.4) is 0 Å². The molecule has 1 aromatic carbocycles. The van der Waals surface area contributed by atoms with Crippen molar-refractivity contribution in [3.63, 3.8) is 0 Å². The Kier molecular flexibility index (Phi) is 6.89. The summed E-state index contributed by atoms with van der Waals surface area (Å²) in [6.45, 7) is 1.46. The Hall–Kier alpha value is -2.05. The van der Waals surface area contributed by atoms with E-state index in [0.717, 1.165) is 24.1 Å². The predicted molar refractivity (Wildman–Crippen MR) is 96.5 cm³/mol. The summed E-state index contributed by atoms with van der Waals surface area (Å²) in [5.41, 5.74) is -0.483. The van der Waals surface area contributed by atoms with Crippen LogP contribution in [0.1, 0.15) is 12.5 Å². The summed E-state index contributed by atoms with van der Waals surface area (Å²) in [7, 11) is -3.63. The van der Waals surface area contributed by atoms with E-state index in [-0.39, 0.29) is 35.2 Å². The molecule has 0 aliphatic rings. The number of nitrogens with zero attached hydrogens (tertiary/aromatic N) is 2. The van der Waals surface area contributed by atoms with Crippen LogP contribution in [0.4, 0.5) is 24.8 Å². The quantitative estimate of drug-likeness (QED) is 0.341. The summed E-state index contributed by atoms with van der Waals surface area (Å²) in [5.74, 6) is -3.59. The number of halogens is 3. The summed E-state index contributed by atoms with van der Waals surface area (Å²) < 4.78 is 65.8. The maximum absolute atomic E-state index is 13.8. The number of anilines is 2. The van der Waals surface area contributed by atoms with Gasteiger partial charge in [-0.2, -0.15) is 0 Å². The van der Waals surface area contributed by atoms with Crippen molar-refractivity contribution in [1.29, 1.82) is 0 Å². The van der Waals surface area contributed by atoms with Crippen molar-refractivity contribution >= 4 is 33.4 Å². The van der Waals surface area contributed by atoms with E-state index in [9.17, 15) is 21.6 Å². The first-order valence-electron chi connectivity index (χ1n) is 7.58. The number of hydrogen-bond donors (Lipinski definition) is 3. The van der Waals surface area contributed by atoms with Crippen molar-refractivity contribution in [2.24, 2.45) is 0 Å². The third kappa shape index (κ3) is 6.26. The molecule has 1 aromatic heterocycles. The number of sulfonamides is 1. The van der Waals surface area contributed by atoms with E-state index in [1.54, 1.807) is 6.92 Å². The van der Waals surface area contributed by atoms with E-state index in [2.05, 4.69) is 20.0 Å². The molecule has 27 heavy (non-hydrogen) atoms. The Bertz CT molecular complexity index is 929. The highest BCUT2D eigenvalue weighted by Gasteiger charge is 2.16. The van der Waals surface area contributed by atoms with Gasteiger partial charge in [0.1, 0.15) is 17.5 Å². The van der Waals surface area contributed by atoms with Crippen LogP contribution in [0, 0.1) is 17.5 Å². The maximum Gasteiger partial charge on any atom is 0.230 e. The number of nitrogens with one attached hydrogen (secondary N) is 2. The second-order valence-corrected chi connectivity index (χ2v) is 8.32. The lowest BCUT2D eigenvalue weighted by Crippen LogP contribution is -2.21. The highest BCUT2D eigenvalue weighted by Crippen LogP contribution is 2.27. The van der Waals surface area contributed by atoms with E-state index < -0.39 is 33.0 Å². The van der Waals surface area contributed by atoms with Gasteiger partial charge in [0.05, 0.1) is 12.9 Å². The predicted octanol–water partition coefficient (Wildman–Crippen LogP) is 2.35. The SMILES string of the molecule is C[C@H](CO)Nc1cc(NS(C)(=O)=O)nc(SCc2c(F)ccc(F)c2F)n1. The first kappa shape index (κ1) is 21.3. The molecule has 0 amide bonds. The Morgan fingerprint density at radius 1 is 1.19 bits per heavy atom. The van der Waals surface area contributed by atoms with Gasteiger partial charge in [-0.15, -0.1) is 0 Å². The number of benzene rings is 1. The van der Waals surface area contributed by atoms with Gasteiger partial charge in [0.2, 0.25) is 10.0 Å². The van der Waals surface area contributed by atoms with Gasteiger partial charge >= 0.3 is 0 Å². The topological polar surface area (TPSA) is 104 Å². The average molecular weight is 422 g/mol. The lowest BCUT2D eigenvalue weighted by molar-refractivity contribution is 0.281. The summed E-state index contributed by atoms with van der Waals surface area (Å²) >= 11 is 0.793. The lowest BCUT2D eigenvalue weighted by atomic mass is 10.2. The molecule has 7 nitrogen and oxygen atoms in total. The number of rotatable bonds is 8. The smallest absolute Gasteiger partial charge is 0.230 e. The van der Waals surface area contributed by atoms with Crippen LogP contribution in [0.25, 0.3) is 0 Å². The maximum atomic E-state index is 13.8. The minimum absolute atomic E-state index is 0.000601. The van der Waals surface area contributed by atoms with Crippen LogP contribution in [-0.4, -0.2) is 42.4 Å². The lowest BCUT2D eigenvalue weighted by Gasteiger charge is -2.14. The van der Waals surface area contributed by atoms with Gasteiger partial charge in [-0.3, -0.25) is 4.72 Å². The molecule has 0 radical (unpaired) electrons. The summed E-state index contributed by atoms with van der Waals surface area (Å²) in [5, 5.41) is 11.9. The van der Waals surface area contributed by atoms with Crippen molar-refractivity contribution in [1.82, 2.24) is 9.97 Å². The molecule has 148 valence electrons. The summed E-state index contributed by atoms with van der Waals surface area (Å²) in [6, 6.07) is 2.42. The fourth-order valence-electron chi connectivity index (χ4n) is 1.94. The summed E-state index contributed by atoms with van der Waals surface area (Å²) in [4.78, 5) is 8.07. The van der Waals surface area contributed by atoms with Crippen LogP contribution < -0.4 is 10.0 Å². The zero-order chi connectivity index (χ0) is 20.2. The fourth-order valence-corrected chi connectivity index (χ4v) is 3.29. The number of aromatic nitrogens is 2. The largest absolute Gasteiger partial charge is 0.394 e. The average Bonchev–Trinajstić information content (AvgIpc) is 2.56. The molecule has 0 unspecified atom stereocenters. The zero-order valence-corrected chi connectivity index (χ0v) is 16.0. The van der Waals surface area contributed by atoms with E-state index in [0.29, 0.717) is 6.07 Å². The van der Waals surface area contributed by atoms with Gasteiger partial charge in [0, 0.05) is 23.4 Å². The minimum Gasteiger partial charge on any atom is -0.394 e. The molecule has 0 spiro atoms. The van der Waals surface area contributed by atoms with E-state index in [1.165, 1.54) is 6.07 Å². The molecular formula is C15H17F3N4O3S2. The number of aliphatic hydroxyl groups is 1. The van der Waals surface area contributed by atoms with Crippen molar-refractivity contribution in [2.45, 2.75) is 23.9 Å². The molecule has 0 saturated carbocycles. The monoisotopic (exact) mass is 422 g/mol. The molecular weight excluding hydrogens is 405 g/mol. The van der Waals surface area contributed by atoms with Gasteiger partial charge in [0.15, 0.2) is 16.8 Å². The van der Waals surface area contributed by atoms with Crippen molar-refractivity contribution in [2.75, 3.05) is 22.9 Å². The first-order valence-corrected chi connectivity index (χ1v) is 10.5. The Labute approximate surface area is 158 Å². The molecule has 0 aliphatic heterocycles. The molecule has 0 saturated heterocycles. The Morgan fingerprint density at radius 3 is 2.44 bits per heavy atom.